The van der Waals surface area contributed by atoms with Gasteiger partial charge in [0.1, 0.15) is 0 Å². The molecule has 0 saturated heterocycles. The molecular weight excluding hydrogens is 228 g/mol. The molecule has 0 bridgehead atoms. The van der Waals surface area contributed by atoms with Gasteiger partial charge < -0.3 is 0 Å². The Morgan fingerprint density at radius 1 is 0.889 bits per heavy atom. The van der Waals surface area contributed by atoms with E-state index in [0.717, 1.165) is 38.5 Å². The second-order valence-electron chi connectivity index (χ2n) is 4.55. The zero-order valence-corrected chi connectivity index (χ0v) is 11.4. The molecule has 0 radical (unpaired) electrons. The Morgan fingerprint density at radius 2 is 1.56 bits per heavy atom. The predicted octanol–water partition coefficient (Wildman–Crippen LogP) is 3.56. The maximum Gasteiger partial charge on any atom is 0.235 e. The van der Waals surface area contributed by atoms with E-state index in [4.69, 9.17) is 0 Å². The Balaban J connectivity index is 3.62. The molecule has 0 spiro atoms. The van der Waals surface area contributed by atoms with Crippen molar-refractivity contribution in [1.82, 2.24) is 0 Å². The number of nitrogens with zero attached hydrogens (tertiary/aromatic N) is 2. The van der Waals surface area contributed by atoms with Crippen LogP contribution in [0, 0.1) is 0 Å². The average molecular weight is 252 g/mol. The van der Waals surface area contributed by atoms with E-state index < -0.39 is 0 Å². The van der Waals surface area contributed by atoms with Crippen molar-refractivity contribution in [1.29, 1.82) is 0 Å². The molecule has 0 fully saturated rings. The maximum absolute atomic E-state index is 10.3. The summed E-state index contributed by atoms with van der Waals surface area (Å²) in [6, 6.07) is 0.133. The first-order chi connectivity index (χ1) is 8.85. The molecule has 0 N–H and O–H groups in total. The molecule has 1 unspecified atom stereocenters. The van der Waals surface area contributed by atoms with E-state index in [0.29, 0.717) is 6.54 Å². The van der Waals surface area contributed by atoms with Crippen molar-refractivity contribution in [3.8, 4) is 0 Å². The number of rotatable bonds is 12. The van der Waals surface area contributed by atoms with Crippen molar-refractivity contribution in [2.24, 2.45) is 9.98 Å². The van der Waals surface area contributed by atoms with Crippen molar-refractivity contribution in [3.05, 3.63) is 0 Å². The summed E-state index contributed by atoms with van der Waals surface area (Å²) >= 11 is 0. The lowest BCUT2D eigenvalue weighted by molar-refractivity contribution is 0.489. The third-order valence-electron chi connectivity index (χ3n) is 3.00. The molecule has 102 valence electrons. The van der Waals surface area contributed by atoms with E-state index in [1.54, 1.807) is 6.08 Å². The SMILES string of the molecule is CCCCCCC(CCCCCN=C=O)N=C=O. The lowest BCUT2D eigenvalue weighted by Crippen LogP contribution is -2.04. The summed E-state index contributed by atoms with van der Waals surface area (Å²) in [5.41, 5.74) is 0. The quantitative estimate of drug-likeness (QED) is 0.303. The average Bonchev–Trinajstić information content (AvgIpc) is 2.38. The van der Waals surface area contributed by atoms with Crippen LogP contribution in [0.2, 0.25) is 0 Å². The Hall–Kier alpha value is -1.24. The summed E-state index contributed by atoms with van der Waals surface area (Å²) in [5, 5.41) is 0. The third kappa shape index (κ3) is 11.3. The minimum atomic E-state index is 0.133. The minimum absolute atomic E-state index is 0.133. The molecule has 0 aromatic carbocycles. The van der Waals surface area contributed by atoms with Crippen molar-refractivity contribution in [2.75, 3.05) is 6.54 Å². The standard InChI is InChI=1S/C14H24N2O2/c1-2-3-4-6-9-14(16-13-18)10-7-5-8-11-15-12-17/h14H,2-11H2,1H3. The number of carbonyl (C=O) groups excluding carboxylic acids is 2. The monoisotopic (exact) mass is 252 g/mol. The van der Waals surface area contributed by atoms with Gasteiger partial charge in [0, 0.05) is 0 Å². The van der Waals surface area contributed by atoms with Gasteiger partial charge in [0.2, 0.25) is 12.2 Å². The fourth-order valence-corrected chi connectivity index (χ4v) is 1.95. The van der Waals surface area contributed by atoms with Gasteiger partial charge in [0.05, 0.1) is 12.6 Å². The highest BCUT2D eigenvalue weighted by atomic mass is 16.1. The predicted molar refractivity (Wildman–Crippen MR) is 72.1 cm³/mol. The van der Waals surface area contributed by atoms with Crippen molar-refractivity contribution in [3.63, 3.8) is 0 Å². The number of unbranched alkanes of at least 4 members (excludes halogenated alkanes) is 5. The number of hydrogen-bond acceptors (Lipinski definition) is 4. The molecular formula is C14H24N2O2. The molecule has 0 saturated carbocycles. The first kappa shape index (κ1) is 16.8. The van der Waals surface area contributed by atoms with Crippen molar-refractivity contribution >= 4 is 12.2 Å². The van der Waals surface area contributed by atoms with Crippen LogP contribution in [0.4, 0.5) is 0 Å². The highest BCUT2D eigenvalue weighted by Gasteiger charge is 2.06. The van der Waals surface area contributed by atoms with Gasteiger partial charge in [-0.25, -0.2) is 19.6 Å². The van der Waals surface area contributed by atoms with E-state index >= 15 is 0 Å². The second kappa shape index (κ2) is 13.8. The van der Waals surface area contributed by atoms with Crippen LogP contribution in [0.5, 0.6) is 0 Å². The van der Waals surface area contributed by atoms with Crippen LogP contribution in [0.15, 0.2) is 9.98 Å². The Kier molecular flexibility index (Phi) is 12.9. The van der Waals surface area contributed by atoms with Crippen LogP contribution in [0.25, 0.3) is 0 Å². The summed E-state index contributed by atoms with van der Waals surface area (Å²) in [4.78, 5) is 27.5. The van der Waals surface area contributed by atoms with Gasteiger partial charge in [-0.05, 0) is 19.3 Å². The van der Waals surface area contributed by atoms with Gasteiger partial charge in [-0.1, -0.05) is 45.4 Å². The first-order valence-corrected chi connectivity index (χ1v) is 6.95. The normalized spacial score (nSPS) is 11.4. The first-order valence-electron chi connectivity index (χ1n) is 6.95. The van der Waals surface area contributed by atoms with E-state index in [-0.39, 0.29) is 6.04 Å². The molecule has 4 nitrogen and oxygen atoms in total. The van der Waals surface area contributed by atoms with Crippen LogP contribution in [-0.4, -0.2) is 24.7 Å². The zero-order chi connectivity index (χ0) is 13.5. The highest BCUT2D eigenvalue weighted by Crippen LogP contribution is 2.14. The molecule has 4 heteroatoms. The smallest absolute Gasteiger partial charge is 0.211 e. The second-order valence-corrected chi connectivity index (χ2v) is 4.55. The van der Waals surface area contributed by atoms with E-state index in [2.05, 4.69) is 16.9 Å². The number of isocyanates is 2. The molecule has 0 aromatic heterocycles. The molecule has 0 aliphatic heterocycles. The van der Waals surface area contributed by atoms with Crippen LogP contribution >= 0.6 is 0 Å². The molecule has 0 aliphatic carbocycles. The summed E-state index contributed by atoms with van der Waals surface area (Å²) in [5.74, 6) is 0. The summed E-state index contributed by atoms with van der Waals surface area (Å²) in [7, 11) is 0. The van der Waals surface area contributed by atoms with Gasteiger partial charge in [-0.2, -0.15) is 0 Å². The largest absolute Gasteiger partial charge is 0.235 e. The van der Waals surface area contributed by atoms with Crippen LogP contribution in [0.3, 0.4) is 0 Å². The summed E-state index contributed by atoms with van der Waals surface area (Å²) in [6.45, 7) is 2.74. The van der Waals surface area contributed by atoms with Gasteiger partial charge >= 0.3 is 0 Å². The fraction of sp³-hybridized carbons (Fsp3) is 0.857. The fourth-order valence-electron chi connectivity index (χ4n) is 1.95. The van der Waals surface area contributed by atoms with Crippen molar-refractivity contribution < 1.29 is 9.59 Å². The van der Waals surface area contributed by atoms with Crippen LogP contribution in [-0.2, 0) is 9.59 Å². The van der Waals surface area contributed by atoms with Crippen LogP contribution in [0.1, 0.15) is 64.7 Å². The Bertz CT molecular complexity index is 280. The van der Waals surface area contributed by atoms with Crippen LogP contribution < -0.4 is 0 Å². The van der Waals surface area contributed by atoms with Gasteiger partial charge in [-0.15, -0.1) is 0 Å². The molecule has 18 heavy (non-hydrogen) atoms. The zero-order valence-electron chi connectivity index (χ0n) is 11.4. The van der Waals surface area contributed by atoms with E-state index in [9.17, 15) is 9.59 Å². The Morgan fingerprint density at radius 3 is 2.11 bits per heavy atom. The number of aliphatic imine (C=N–C) groups is 2. The lowest BCUT2D eigenvalue weighted by atomic mass is 10.0. The minimum Gasteiger partial charge on any atom is -0.211 e. The van der Waals surface area contributed by atoms with E-state index in [1.165, 1.54) is 25.3 Å². The Labute approximate surface area is 110 Å². The number of hydrogen-bond donors (Lipinski definition) is 0. The van der Waals surface area contributed by atoms with Gasteiger partial charge in [0.25, 0.3) is 0 Å². The summed E-state index contributed by atoms with van der Waals surface area (Å²) in [6.07, 6.45) is 12.9. The molecule has 1 atom stereocenters. The van der Waals surface area contributed by atoms with Crippen molar-refractivity contribution in [2.45, 2.75) is 70.8 Å². The maximum atomic E-state index is 10.3. The van der Waals surface area contributed by atoms with Gasteiger partial charge in [-0.3, -0.25) is 0 Å². The molecule has 0 amide bonds. The lowest BCUT2D eigenvalue weighted by Gasteiger charge is -2.09. The van der Waals surface area contributed by atoms with E-state index in [1.807, 2.05) is 0 Å². The highest BCUT2D eigenvalue weighted by molar-refractivity contribution is 5.33. The third-order valence-corrected chi connectivity index (χ3v) is 3.00. The molecule has 0 aliphatic rings. The van der Waals surface area contributed by atoms with Gasteiger partial charge in [0.15, 0.2) is 0 Å². The topological polar surface area (TPSA) is 58.9 Å². The molecule has 0 heterocycles. The molecule has 0 aromatic rings. The summed E-state index contributed by atoms with van der Waals surface area (Å²) < 4.78 is 0. The molecule has 0 rings (SSSR count).